The first-order valence-electron chi connectivity index (χ1n) is 6.06. The molecular weight excluding hydrogens is 254 g/mol. The summed E-state index contributed by atoms with van der Waals surface area (Å²) in [5.74, 6) is 5.41. The first-order chi connectivity index (χ1) is 9.81. The Morgan fingerprint density at radius 2 is 2.00 bits per heavy atom. The zero-order chi connectivity index (χ0) is 14.2. The van der Waals surface area contributed by atoms with Crippen LogP contribution >= 0.6 is 0 Å². The van der Waals surface area contributed by atoms with Gasteiger partial charge in [-0.1, -0.05) is 24.0 Å². The Labute approximate surface area is 116 Å². The maximum atomic E-state index is 12.2. The van der Waals surface area contributed by atoms with Crippen molar-refractivity contribution in [2.24, 2.45) is 0 Å². The van der Waals surface area contributed by atoms with Crippen LogP contribution < -0.4 is 5.32 Å². The summed E-state index contributed by atoms with van der Waals surface area (Å²) >= 11 is 0. The van der Waals surface area contributed by atoms with Gasteiger partial charge in [0.15, 0.2) is 0 Å². The van der Waals surface area contributed by atoms with Crippen molar-refractivity contribution in [1.29, 1.82) is 0 Å². The van der Waals surface area contributed by atoms with Crippen molar-refractivity contribution in [3.8, 4) is 11.8 Å². The number of nitrogens with zero attached hydrogens (tertiary/aromatic N) is 2. The second-order valence-electron chi connectivity index (χ2n) is 3.90. The number of aliphatic hydroxyl groups is 1. The molecule has 0 atom stereocenters. The van der Waals surface area contributed by atoms with Crippen molar-refractivity contribution in [2.75, 3.05) is 11.9 Å². The second kappa shape index (κ2) is 7.02. The summed E-state index contributed by atoms with van der Waals surface area (Å²) in [5.41, 5.74) is 1.62. The van der Waals surface area contributed by atoms with Gasteiger partial charge in [-0.15, -0.1) is 0 Å². The van der Waals surface area contributed by atoms with Crippen LogP contribution in [0.1, 0.15) is 22.3 Å². The summed E-state index contributed by atoms with van der Waals surface area (Å²) in [7, 11) is 0. The average molecular weight is 267 g/mol. The molecule has 2 aromatic rings. The number of nitrogens with one attached hydrogen (secondary N) is 1. The number of carbonyl (C=O) groups excluding carboxylic acids is 1. The maximum Gasteiger partial charge on any atom is 0.257 e. The molecular formula is C15H13N3O2. The number of rotatable bonds is 3. The standard InChI is InChI=1S/C15H13N3O2/c19-8-4-3-6-12-5-1-2-7-14(12)15(20)18-13-9-16-11-17-10-13/h1-2,5,7,9-11,19H,4,8H2,(H,18,20). The number of amides is 1. The van der Waals surface area contributed by atoms with Crippen LogP contribution in [0.4, 0.5) is 5.69 Å². The fourth-order valence-corrected chi connectivity index (χ4v) is 1.57. The van der Waals surface area contributed by atoms with Gasteiger partial charge in [0.1, 0.15) is 6.33 Å². The zero-order valence-electron chi connectivity index (χ0n) is 10.7. The molecule has 2 N–H and O–H groups in total. The second-order valence-corrected chi connectivity index (χ2v) is 3.90. The van der Waals surface area contributed by atoms with Gasteiger partial charge in [0.25, 0.3) is 5.91 Å². The molecule has 5 nitrogen and oxygen atoms in total. The molecule has 0 bridgehead atoms. The normalized spacial score (nSPS) is 9.45. The highest BCUT2D eigenvalue weighted by Crippen LogP contribution is 2.10. The van der Waals surface area contributed by atoms with Crippen LogP contribution in [0.2, 0.25) is 0 Å². The molecule has 20 heavy (non-hydrogen) atoms. The molecule has 1 aromatic carbocycles. The largest absolute Gasteiger partial charge is 0.395 e. The summed E-state index contributed by atoms with van der Waals surface area (Å²) in [6.07, 6.45) is 4.81. The van der Waals surface area contributed by atoms with Gasteiger partial charge < -0.3 is 10.4 Å². The fourth-order valence-electron chi connectivity index (χ4n) is 1.57. The topological polar surface area (TPSA) is 75.1 Å². The number of aliphatic hydroxyl groups excluding tert-OH is 1. The van der Waals surface area contributed by atoms with Crippen LogP contribution in [0.3, 0.4) is 0 Å². The summed E-state index contributed by atoms with van der Waals surface area (Å²) in [6, 6.07) is 7.04. The minimum Gasteiger partial charge on any atom is -0.395 e. The average Bonchev–Trinajstić information content (AvgIpc) is 2.49. The van der Waals surface area contributed by atoms with E-state index in [1.165, 1.54) is 18.7 Å². The molecule has 0 aliphatic rings. The number of hydrogen-bond acceptors (Lipinski definition) is 4. The lowest BCUT2D eigenvalue weighted by Gasteiger charge is -2.05. The maximum absolute atomic E-state index is 12.2. The van der Waals surface area contributed by atoms with E-state index in [0.29, 0.717) is 23.2 Å². The van der Waals surface area contributed by atoms with Gasteiger partial charge in [-0.05, 0) is 12.1 Å². The lowest BCUT2D eigenvalue weighted by molar-refractivity contribution is 0.102. The van der Waals surface area contributed by atoms with Crippen LogP contribution in [-0.2, 0) is 0 Å². The van der Waals surface area contributed by atoms with Gasteiger partial charge in [0.05, 0.1) is 30.3 Å². The van der Waals surface area contributed by atoms with E-state index >= 15 is 0 Å². The number of anilines is 1. The van der Waals surface area contributed by atoms with Crippen LogP contribution in [0, 0.1) is 11.8 Å². The minimum atomic E-state index is -0.270. The molecule has 0 radical (unpaired) electrons. The molecule has 100 valence electrons. The molecule has 1 aromatic heterocycles. The zero-order valence-corrected chi connectivity index (χ0v) is 10.7. The van der Waals surface area contributed by atoms with Gasteiger partial charge in [0, 0.05) is 12.0 Å². The molecule has 0 fully saturated rings. The van der Waals surface area contributed by atoms with Gasteiger partial charge in [-0.2, -0.15) is 0 Å². The molecule has 0 aliphatic carbocycles. The van der Waals surface area contributed by atoms with Crippen molar-refractivity contribution >= 4 is 11.6 Å². The SMILES string of the molecule is O=C(Nc1cncnc1)c1ccccc1C#CCCO. The Morgan fingerprint density at radius 1 is 1.25 bits per heavy atom. The molecule has 1 amide bonds. The Kier molecular flexibility index (Phi) is 4.81. The Hall–Kier alpha value is -2.71. The molecule has 0 spiro atoms. The molecule has 5 heteroatoms. The number of carbonyl (C=O) groups is 1. The Morgan fingerprint density at radius 3 is 2.75 bits per heavy atom. The molecule has 0 saturated carbocycles. The third kappa shape index (κ3) is 3.64. The van der Waals surface area contributed by atoms with Gasteiger partial charge in [-0.3, -0.25) is 4.79 Å². The lowest BCUT2D eigenvalue weighted by atomic mass is 10.1. The fraction of sp³-hybridized carbons (Fsp3) is 0.133. The predicted octanol–water partition coefficient (Wildman–Crippen LogP) is 1.46. The van der Waals surface area contributed by atoms with Gasteiger partial charge in [-0.25, -0.2) is 9.97 Å². The summed E-state index contributed by atoms with van der Waals surface area (Å²) in [5, 5.41) is 11.4. The third-order valence-corrected chi connectivity index (χ3v) is 2.45. The molecule has 0 aliphatic heterocycles. The van der Waals surface area contributed by atoms with E-state index in [0.717, 1.165) is 0 Å². The van der Waals surface area contributed by atoms with E-state index in [1.54, 1.807) is 18.2 Å². The van der Waals surface area contributed by atoms with Gasteiger partial charge >= 0.3 is 0 Å². The first kappa shape index (κ1) is 13.7. The monoisotopic (exact) mass is 267 g/mol. The molecule has 2 rings (SSSR count). The molecule has 0 saturated heterocycles. The van der Waals surface area contributed by atoms with Gasteiger partial charge in [0.2, 0.25) is 0 Å². The minimum absolute atomic E-state index is 0.00270. The van der Waals surface area contributed by atoms with Crippen LogP contribution in [0.5, 0.6) is 0 Å². The third-order valence-electron chi connectivity index (χ3n) is 2.45. The first-order valence-corrected chi connectivity index (χ1v) is 6.06. The van der Waals surface area contributed by atoms with Crippen molar-refractivity contribution in [3.63, 3.8) is 0 Å². The van der Waals surface area contributed by atoms with E-state index in [2.05, 4.69) is 27.1 Å². The van der Waals surface area contributed by atoms with Crippen molar-refractivity contribution in [2.45, 2.75) is 6.42 Å². The van der Waals surface area contributed by atoms with Crippen molar-refractivity contribution < 1.29 is 9.90 Å². The van der Waals surface area contributed by atoms with Crippen LogP contribution in [0.25, 0.3) is 0 Å². The summed E-state index contributed by atoms with van der Waals surface area (Å²) in [6.45, 7) is 0.00270. The van der Waals surface area contributed by atoms with Crippen LogP contribution in [0.15, 0.2) is 43.0 Å². The highest BCUT2D eigenvalue weighted by Gasteiger charge is 2.09. The predicted molar refractivity (Wildman–Crippen MR) is 75.0 cm³/mol. The summed E-state index contributed by atoms with van der Waals surface area (Å²) < 4.78 is 0. The van der Waals surface area contributed by atoms with E-state index < -0.39 is 0 Å². The summed E-state index contributed by atoms with van der Waals surface area (Å²) in [4.78, 5) is 19.8. The number of benzene rings is 1. The van der Waals surface area contributed by atoms with Crippen molar-refractivity contribution in [3.05, 3.63) is 54.1 Å². The number of aromatic nitrogens is 2. The highest BCUT2D eigenvalue weighted by atomic mass is 16.2. The van der Waals surface area contributed by atoms with Crippen LogP contribution in [-0.4, -0.2) is 27.6 Å². The number of hydrogen-bond donors (Lipinski definition) is 2. The van der Waals surface area contributed by atoms with E-state index in [9.17, 15) is 4.79 Å². The van der Waals surface area contributed by atoms with E-state index in [1.807, 2.05) is 6.07 Å². The lowest BCUT2D eigenvalue weighted by Crippen LogP contribution is -2.13. The molecule has 0 unspecified atom stereocenters. The Bertz CT molecular complexity index is 645. The highest BCUT2D eigenvalue weighted by molar-refractivity contribution is 6.05. The van der Waals surface area contributed by atoms with Crippen molar-refractivity contribution in [1.82, 2.24) is 9.97 Å². The Balaban J connectivity index is 2.20. The molecule has 1 heterocycles. The quantitative estimate of drug-likeness (QED) is 0.826. The van der Waals surface area contributed by atoms with E-state index in [-0.39, 0.29) is 12.5 Å². The van der Waals surface area contributed by atoms with E-state index in [4.69, 9.17) is 5.11 Å². The smallest absolute Gasteiger partial charge is 0.257 e.